The van der Waals surface area contributed by atoms with E-state index in [2.05, 4.69) is 15.0 Å². The van der Waals surface area contributed by atoms with E-state index in [0.29, 0.717) is 13.1 Å². The van der Waals surface area contributed by atoms with Gasteiger partial charge in [-0.15, -0.1) is 11.3 Å². The van der Waals surface area contributed by atoms with Crippen LogP contribution >= 0.6 is 11.3 Å². The Labute approximate surface area is 131 Å². The zero-order valence-corrected chi connectivity index (χ0v) is 13.3. The monoisotopic (exact) mass is 334 g/mol. The molecule has 0 aliphatic carbocycles. The molecule has 0 aromatic carbocycles. The molecule has 0 spiro atoms. The lowest BCUT2D eigenvalue weighted by molar-refractivity contribution is 0.471. The van der Waals surface area contributed by atoms with Gasteiger partial charge in [-0.05, 0) is 23.9 Å². The van der Waals surface area contributed by atoms with E-state index in [1.165, 1.54) is 21.8 Å². The third-order valence-corrected chi connectivity index (χ3v) is 6.66. The summed E-state index contributed by atoms with van der Waals surface area (Å²) in [5.41, 5.74) is 0.832. The van der Waals surface area contributed by atoms with Crippen molar-refractivity contribution in [3.63, 3.8) is 0 Å². The third-order valence-electron chi connectivity index (χ3n) is 3.97. The number of hydrogen-bond donors (Lipinski definition) is 1. The van der Waals surface area contributed by atoms with Gasteiger partial charge >= 0.3 is 0 Å². The molecule has 1 saturated heterocycles. The van der Waals surface area contributed by atoms with Crippen molar-refractivity contribution in [3.05, 3.63) is 41.9 Å². The molecular formula is C14H14N4O2S2. The van der Waals surface area contributed by atoms with Crippen LogP contribution in [0, 0.1) is 0 Å². The number of sulfonamides is 1. The maximum atomic E-state index is 12.8. The number of aromatic amines is 1. The Morgan fingerprint density at radius 1 is 1.36 bits per heavy atom. The van der Waals surface area contributed by atoms with Gasteiger partial charge in [-0.25, -0.2) is 13.4 Å². The Bertz CT molecular complexity index is 902. The van der Waals surface area contributed by atoms with Crippen molar-refractivity contribution in [1.29, 1.82) is 0 Å². The minimum atomic E-state index is -3.50. The van der Waals surface area contributed by atoms with E-state index in [-0.39, 0.29) is 10.8 Å². The Morgan fingerprint density at radius 3 is 3.09 bits per heavy atom. The number of thiophene rings is 1. The number of aromatic nitrogens is 3. The van der Waals surface area contributed by atoms with E-state index >= 15 is 0 Å². The van der Waals surface area contributed by atoms with Crippen molar-refractivity contribution in [2.45, 2.75) is 17.2 Å². The van der Waals surface area contributed by atoms with E-state index in [1.54, 1.807) is 18.5 Å². The van der Waals surface area contributed by atoms with Crippen LogP contribution in [0.3, 0.4) is 0 Å². The van der Waals surface area contributed by atoms with Crippen LogP contribution in [-0.4, -0.2) is 40.8 Å². The summed E-state index contributed by atoms with van der Waals surface area (Å²) in [7, 11) is -3.50. The van der Waals surface area contributed by atoms with Crippen molar-refractivity contribution in [1.82, 2.24) is 19.3 Å². The number of nitrogens with one attached hydrogen (secondary N) is 1. The first kappa shape index (κ1) is 13.9. The number of rotatable bonds is 3. The summed E-state index contributed by atoms with van der Waals surface area (Å²) in [4.78, 5) is 11.8. The zero-order valence-electron chi connectivity index (χ0n) is 11.6. The fourth-order valence-electron chi connectivity index (χ4n) is 2.79. The minimum absolute atomic E-state index is 0.128. The fraction of sp³-hybridized carbons (Fsp3) is 0.286. The van der Waals surface area contributed by atoms with Gasteiger partial charge in [0.2, 0.25) is 10.0 Å². The topological polar surface area (TPSA) is 79.0 Å². The predicted octanol–water partition coefficient (Wildman–Crippen LogP) is 2.20. The average molecular weight is 334 g/mol. The molecule has 3 aromatic heterocycles. The molecule has 0 radical (unpaired) electrons. The lowest BCUT2D eigenvalue weighted by Crippen LogP contribution is -2.28. The molecular weight excluding hydrogens is 320 g/mol. The number of imidazole rings is 1. The first-order valence-electron chi connectivity index (χ1n) is 6.97. The van der Waals surface area contributed by atoms with E-state index in [4.69, 9.17) is 0 Å². The Morgan fingerprint density at radius 2 is 2.27 bits per heavy atom. The second-order valence-corrected chi connectivity index (χ2v) is 8.18. The van der Waals surface area contributed by atoms with Crippen LogP contribution in [0.25, 0.3) is 10.2 Å². The second-order valence-electron chi connectivity index (χ2n) is 5.30. The fourth-order valence-corrected chi connectivity index (χ4v) is 5.12. The number of nitrogens with zero attached hydrogens (tertiary/aromatic N) is 3. The molecule has 8 heteroatoms. The van der Waals surface area contributed by atoms with Crippen LogP contribution in [0.5, 0.6) is 0 Å². The first-order chi connectivity index (χ1) is 10.6. The van der Waals surface area contributed by atoms with Gasteiger partial charge in [0.1, 0.15) is 10.7 Å². The van der Waals surface area contributed by atoms with Gasteiger partial charge in [-0.1, -0.05) is 0 Å². The molecule has 1 N–H and O–H groups in total. The maximum Gasteiger partial charge on any atom is 0.244 e. The van der Waals surface area contributed by atoms with Gasteiger partial charge in [-0.3, -0.25) is 4.98 Å². The SMILES string of the molecule is O=S(=O)(c1cnc2ccsc2c1)N1CCC(c2ncc[nH]2)C1. The molecule has 22 heavy (non-hydrogen) atoms. The van der Waals surface area contributed by atoms with E-state index < -0.39 is 10.0 Å². The summed E-state index contributed by atoms with van der Waals surface area (Å²) >= 11 is 1.50. The molecule has 6 nitrogen and oxygen atoms in total. The second kappa shape index (κ2) is 5.15. The summed E-state index contributed by atoms with van der Waals surface area (Å²) in [5.74, 6) is 0.979. The highest BCUT2D eigenvalue weighted by Gasteiger charge is 2.34. The van der Waals surface area contributed by atoms with Gasteiger partial charge in [0.05, 0.1) is 10.2 Å². The van der Waals surface area contributed by atoms with Crippen molar-refractivity contribution in [2.24, 2.45) is 0 Å². The lowest BCUT2D eigenvalue weighted by Gasteiger charge is -2.16. The van der Waals surface area contributed by atoms with E-state index in [0.717, 1.165) is 22.5 Å². The van der Waals surface area contributed by atoms with Gasteiger partial charge in [0.15, 0.2) is 0 Å². The Hall–Kier alpha value is -1.77. The van der Waals surface area contributed by atoms with Gasteiger partial charge in [0, 0.05) is 37.6 Å². The van der Waals surface area contributed by atoms with Gasteiger partial charge in [-0.2, -0.15) is 4.31 Å². The van der Waals surface area contributed by atoms with Crippen molar-refractivity contribution < 1.29 is 8.42 Å². The Balaban J connectivity index is 1.63. The molecule has 1 aliphatic rings. The molecule has 0 bridgehead atoms. The van der Waals surface area contributed by atoms with Crippen LogP contribution in [-0.2, 0) is 10.0 Å². The normalized spacial score (nSPS) is 19.9. The van der Waals surface area contributed by atoms with Gasteiger partial charge in [0.25, 0.3) is 0 Å². The predicted molar refractivity (Wildman–Crippen MR) is 84.3 cm³/mol. The summed E-state index contributed by atoms with van der Waals surface area (Å²) < 4.78 is 28.0. The summed E-state index contributed by atoms with van der Waals surface area (Å²) in [6, 6.07) is 3.60. The summed E-state index contributed by atoms with van der Waals surface area (Å²) in [5, 5.41) is 1.91. The first-order valence-corrected chi connectivity index (χ1v) is 9.29. The molecule has 3 aromatic rings. The molecule has 4 heterocycles. The largest absolute Gasteiger partial charge is 0.348 e. The van der Waals surface area contributed by atoms with E-state index in [9.17, 15) is 8.42 Å². The average Bonchev–Trinajstić information content (AvgIpc) is 3.25. The number of H-pyrrole nitrogens is 1. The molecule has 4 rings (SSSR count). The van der Waals surface area contributed by atoms with Gasteiger partial charge < -0.3 is 4.98 Å². The van der Waals surface area contributed by atoms with Crippen LogP contribution in [0.1, 0.15) is 18.2 Å². The minimum Gasteiger partial charge on any atom is -0.348 e. The molecule has 0 saturated carbocycles. The third kappa shape index (κ3) is 2.23. The van der Waals surface area contributed by atoms with Crippen molar-refractivity contribution >= 4 is 31.6 Å². The molecule has 1 unspecified atom stereocenters. The molecule has 0 amide bonds. The van der Waals surface area contributed by atoms with Crippen molar-refractivity contribution in [2.75, 3.05) is 13.1 Å². The maximum absolute atomic E-state index is 12.8. The number of fused-ring (bicyclic) bond motifs is 1. The quantitative estimate of drug-likeness (QED) is 0.796. The molecule has 114 valence electrons. The van der Waals surface area contributed by atoms with Crippen LogP contribution in [0.15, 0.2) is 41.0 Å². The smallest absolute Gasteiger partial charge is 0.244 e. The van der Waals surface area contributed by atoms with E-state index in [1.807, 2.05) is 11.4 Å². The molecule has 1 aliphatic heterocycles. The highest BCUT2D eigenvalue weighted by molar-refractivity contribution is 7.89. The van der Waals surface area contributed by atoms with Crippen molar-refractivity contribution in [3.8, 4) is 0 Å². The molecule has 1 fully saturated rings. The van der Waals surface area contributed by atoms with Crippen LogP contribution in [0.2, 0.25) is 0 Å². The highest BCUT2D eigenvalue weighted by atomic mass is 32.2. The molecule has 1 atom stereocenters. The highest BCUT2D eigenvalue weighted by Crippen LogP contribution is 2.30. The standard InChI is InChI=1S/C14H14N4O2S2/c19-22(20,11-7-13-12(17-8-11)2-6-21-13)18-5-1-10(9-18)14-15-3-4-16-14/h2-4,6-8,10H,1,5,9H2,(H,15,16). The lowest BCUT2D eigenvalue weighted by atomic mass is 10.1. The number of hydrogen-bond acceptors (Lipinski definition) is 5. The van der Waals surface area contributed by atoms with Crippen LogP contribution in [0.4, 0.5) is 0 Å². The number of pyridine rings is 1. The summed E-state index contributed by atoms with van der Waals surface area (Å²) in [6.07, 6.45) is 5.69. The van der Waals surface area contributed by atoms with Crippen LogP contribution < -0.4 is 0 Å². The summed E-state index contributed by atoms with van der Waals surface area (Å²) in [6.45, 7) is 0.967. The Kier molecular flexibility index (Phi) is 3.24. The zero-order chi connectivity index (χ0) is 15.2.